The van der Waals surface area contributed by atoms with Gasteiger partial charge in [-0.3, -0.25) is 4.79 Å². The van der Waals surface area contributed by atoms with Crippen molar-refractivity contribution < 1.29 is 24.2 Å². The number of benzene rings is 2. The van der Waals surface area contributed by atoms with E-state index in [0.29, 0.717) is 23.6 Å². The van der Waals surface area contributed by atoms with E-state index >= 15 is 0 Å². The molecule has 0 atom stereocenters. The van der Waals surface area contributed by atoms with Crippen molar-refractivity contribution in [1.82, 2.24) is 0 Å². The largest absolute Gasteiger partial charge is 0.490 e. The summed E-state index contributed by atoms with van der Waals surface area (Å²) in [4.78, 5) is 23.1. The molecule has 0 aliphatic heterocycles. The van der Waals surface area contributed by atoms with Crippen molar-refractivity contribution in [2.24, 2.45) is 0 Å². The van der Waals surface area contributed by atoms with Crippen LogP contribution in [0.4, 0.5) is 5.69 Å². The van der Waals surface area contributed by atoms with E-state index in [9.17, 15) is 14.9 Å². The molecule has 2 aromatic carbocycles. The standard InChI is InChI=1S/C21H20N2O5/c1-3-27-19-11-15(7-8-18(19)28-13-20(24)25)10-16(12-22)21(26)23-17-6-4-5-14(2)9-17/h4-11H,3,13H2,1-2H3,(H,23,26)(H,24,25)/b16-10-. The second kappa shape index (κ2) is 9.78. The molecule has 1 amide bonds. The Morgan fingerprint density at radius 2 is 1.96 bits per heavy atom. The third-order valence-corrected chi connectivity index (χ3v) is 3.57. The summed E-state index contributed by atoms with van der Waals surface area (Å²) < 4.78 is 10.6. The summed E-state index contributed by atoms with van der Waals surface area (Å²) in [6, 6.07) is 13.9. The first-order chi connectivity index (χ1) is 13.4. The summed E-state index contributed by atoms with van der Waals surface area (Å²) in [6.07, 6.45) is 1.43. The number of anilines is 1. The Hall–Kier alpha value is -3.79. The third-order valence-electron chi connectivity index (χ3n) is 3.57. The van der Waals surface area contributed by atoms with Crippen molar-refractivity contribution in [3.05, 3.63) is 59.2 Å². The summed E-state index contributed by atoms with van der Waals surface area (Å²) in [5.41, 5.74) is 2.04. The molecule has 0 heterocycles. The summed E-state index contributed by atoms with van der Waals surface area (Å²) in [5.74, 6) is -1.04. The number of carboxylic acid groups (broad SMARTS) is 1. The predicted molar refractivity (Wildman–Crippen MR) is 104 cm³/mol. The number of amides is 1. The van der Waals surface area contributed by atoms with Crippen LogP contribution < -0.4 is 14.8 Å². The fourth-order valence-electron chi connectivity index (χ4n) is 2.38. The predicted octanol–water partition coefficient (Wildman–Crippen LogP) is 3.40. The maximum absolute atomic E-state index is 12.4. The molecule has 28 heavy (non-hydrogen) atoms. The molecule has 0 aliphatic rings. The number of aliphatic carboxylic acids is 1. The van der Waals surface area contributed by atoms with Crippen molar-refractivity contribution in [2.75, 3.05) is 18.5 Å². The van der Waals surface area contributed by atoms with E-state index in [1.807, 2.05) is 25.1 Å². The molecular formula is C21H20N2O5. The number of nitrogens with one attached hydrogen (secondary N) is 1. The highest BCUT2D eigenvalue weighted by Crippen LogP contribution is 2.29. The van der Waals surface area contributed by atoms with Crippen LogP contribution in [0.2, 0.25) is 0 Å². The third kappa shape index (κ3) is 5.88. The number of hydrogen-bond acceptors (Lipinski definition) is 5. The Morgan fingerprint density at radius 3 is 2.61 bits per heavy atom. The number of hydrogen-bond donors (Lipinski definition) is 2. The Kier molecular flexibility index (Phi) is 7.17. The van der Waals surface area contributed by atoms with Crippen LogP contribution in [0.5, 0.6) is 11.5 Å². The molecule has 2 N–H and O–H groups in total. The summed E-state index contributed by atoms with van der Waals surface area (Å²) in [6.45, 7) is 3.52. The quantitative estimate of drug-likeness (QED) is 0.537. The highest BCUT2D eigenvalue weighted by atomic mass is 16.5. The van der Waals surface area contributed by atoms with E-state index in [1.165, 1.54) is 12.1 Å². The maximum atomic E-state index is 12.4. The SMILES string of the molecule is CCOc1cc(/C=C(/C#N)C(=O)Nc2cccc(C)c2)ccc1OCC(=O)O. The summed E-state index contributed by atoms with van der Waals surface area (Å²) in [7, 11) is 0. The molecule has 7 nitrogen and oxygen atoms in total. The van der Waals surface area contributed by atoms with Crippen LogP contribution in [0.1, 0.15) is 18.1 Å². The van der Waals surface area contributed by atoms with Crippen molar-refractivity contribution in [3.8, 4) is 17.6 Å². The van der Waals surface area contributed by atoms with E-state index < -0.39 is 18.5 Å². The van der Waals surface area contributed by atoms with Crippen molar-refractivity contribution in [3.63, 3.8) is 0 Å². The Morgan fingerprint density at radius 1 is 1.18 bits per heavy atom. The molecule has 0 bridgehead atoms. The molecule has 2 aromatic rings. The minimum atomic E-state index is -1.11. The molecule has 0 aromatic heterocycles. The number of nitriles is 1. The first-order valence-electron chi connectivity index (χ1n) is 8.54. The molecule has 0 unspecified atom stereocenters. The van der Waals surface area contributed by atoms with Crippen LogP contribution >= 0.6 is 0 Å². The molecule has 0 saturated heterocycles. The number of carboxylic acids is 1. The van der Waals surface area contributed by atoms with Crippen molar-refractivity contribution in [1.29, 1.82) is 5.26 Å². The van der Waals surface area contributed by atoms with Gasteiger partial charge in [0, 0.05) is 5.69 Å². The van der Waals surface area contributed by atoms with Gasteiger partial charge in [-0.05, 0) is 55.3 Å². The number of nitrogens with zero attached hydrogens (tertiary/aromatic N) is 1. The number of carbonyl (C=O) groups excluding carboxylic acids is 1. The number of rotatable bonds is 8. The smallest absolute Gasteiger partial charge is 0.341 e. The van der Waals surface area contributed by atoms with E-state index in [4.69, 9.17) is 14.6 Å². The normalized spacial score (nSPS) is 10.7. The van der Waals surface area contributed by atoms with Gasteiger partial charge >= 0.3 is 5.97 Å². The van der Waals surface area contributed by atoms with E-state index in [2.05, 4.69) is 5.32 Å². The van der Waals surface area contributed by atoms with E-state index in [-0.39, 0.29) is 11.3 Å². The minimum absolute atomic E-state index is 0.0804. The molecule has 0 aliphatic carbocycles. The average molecular weight is 380 g/mol. The van der Waals surface area contributed by atoms with E-state index in [0.717, 1.165) is 5.56 Å². The lowest BCUT2D eigenvalue weighted by Gasteiger charge is -2.11. The molecule has 0 radical (unpaired) electrons. The van der Waals surface area contributed by atoms with Crippen LogP contribution in [0.3, 0.4) is 0 Å². The second-order valence-electron chi connectivity index (χ2n) is 5.82. The molecular weight excluding hydrogens is 360 g/mol. The summed E-state index contributed by atoms with van der Waals surface area (Å²) in [5, 5.41) is 20.8. The van der Waals surface area contributed by atoms with Crippen molar-refractivity contribution in [2.45, 2.75) is 13.8 Å². The van der Waals surface area contributed by atoms with E-state index in [1.54, 1.807) is 31.2 Å². The fraction of sp³-hybridized carbons (Fsp3) is 0.190. The van der Waals surface area contributed by atoms with Crippen LogP contribution in [0, 0.1) is 18.3 Å². The van der Waals surface area contributed by atoms with Gasteiger partial charge in [-0.2, -0.15) is 5.26 Å². The van der Waals surface area contributed by atoms with Gasteiger partial charge in [0.15, 0.2) is 18.1 Å². The van der Waals surface area contributed by atoms with Gasteiger partial charge in [-0.15, -0.1) is 0 Å². The lowest BCUT2D eigenvalue weighted by molar-refractivity contribution is -0.139. The average Bonchev–Trinajstić information content (AvgIpc) is 2.65. The van der Waals surface area contributed by atoms with Gasteiger partial charge in [-0.25, -0.2) is 4.79 Å². The minimum Gasteiger partial charge on any atom is -0.490 e. The highest BCUT2D eigenvalue weighted by molar-refractivity contribution is 6.09. The van der Waals surface area contributed by atoms with Gasteiger partial charge in [0.2, 0.25) is 0 Å². The molecule has 0 fully saturated rings. The first-order valence-corrected chi connectivity index (χ1v) is 8.54. The van der Waals surface area contributed by atoms with Gasteiger partial charge in [0.05, 0.1) is 6.61 Å². The van der Waals surface area contributed by atoms with Crippen LogP contribution in [-0.4, -0.2) is 30.2 Å². The molecule has 144 valence electrons. The maximum Gasteiger partial charge on any atom is 0.341 e. The zero-order valence-corrected chi connectivity index (χ0v) is 15.6. The zero-order chi connectivity index (χ0) is 20.5. The first kappa shape index (κ1) is 20.5. The topological polar surface area (TPSA) is 109 Å². The second-order valence-corrected chi connectivity index (χ2v) is 5.82. The van der Waals surface area contributed by atoms with Gasteiger partial charge in [-0.1, -0.05) is 18.2 Å². The summed E-state index contributed by atoms with van der Waals surface area (Å²) >= 11 is 0. The Balaban J connectivity index is 2.24. The van der Waals surface area contributed by atoms with Gasteiger partial charge < -0.3 is 19.9 Å². The zero-order valence-electron chi connectivity index (χ0n) is 15.6. The number of carbonyl (C=O) groups is 2. The van der Waals surface area contributed by atoms with Gasteiger partial charge in [0.25, 0.3) is 5.91 Å². The number of aryl methyl sites for hydroxylation is 1. The molecule has 0 saturated carbocycles. The lowest BCUT2D eigenvalue weighted by atomic mass is 10.1. The van der Waals surface area contributed by atoms with Crippen LogP contribution in [0.25, 0.3) is 6.08 Å². The van der Waals surface area contributed by atoms with Crippen LogP contribution in [-0.2, 0) is 9.59 Å². The number of ether oxygens (including phenoxy) is 2. The Bertz CT molecular complexity index is 944. The van der Waals surface area contributed by atoms with Crippen molar-refractivity contribution >= 4 is 23.6 Å². The molecule has 0 spiro atoms. The van der Waals surface area contributed by atoms with Gasteiger partial charge in [0.1, 0.15) is 11.6 Å². The molecule has 7 heteroatoms. The fourth-order valence-corrected chi connectivity index (χ4v) is 2.38. The van der Waals surface area contributed by atoms with Crippen LogP contribution in [0.15, 0.2) is 48.0 Å². The highest BCUT2D eigenvalue weighted by Gasteiger charge is 2.12. The Labute approximate surface area is 162 Å². The molecule has 2 rings (SSSR count). The lowest BCUT2D eigenvalue weighted by Crippen LogP contribution is -2.13. The monoisotopic (exact) mass is 380 g/mol.